The van der Waals surface area contributed by atoms with E-state index in [1.54, 1.807) is 12.1 Å². The van der Waals surface area contributed by atoms with Crippen LogP contribution >= 0.6 is 15.9 Å². The van der Waals surface area contributed by atoms with Crippen molar-refractivity contribution in [1.82, 2.24) is 10.2 Å². The van der Waals surface area contributed by atoms with E-state index in [4.69, 9.17) is 4.74 Å². The van der Waals surface area contributed by atoms with Gasteiger partial charge in [-0.3, -0.25) is 0 Å². The highest BCUT2D eigenvalue weighted by Crippen LogP contribution is 2.22. The summed E-state index contributed by atoms with van der Waals surface area (Å²) in [5.41, 5.74) is 0.760. The number of carbonyl (C=O) groups is 1. The number of nitrogens with one attached hydrogen (secondary N) is 1. The van der Waals surface area contributed by atoms with E-state index in [9.17, 15) is 13.6 Å². The monoisotopic (exact) mass is 336 g/mol. The number of amides is 2. The maximum absolute atomic E-state index is 12.1. The maximum Gasteiger partial charge on any atom is 0.317 e. The number of methoxy groups -OCH3 is 1. The number of hydrogen-bond acceptors (Lipinski definition) is 2. The molecule has 1 aromatic rings. The molecule has 2 amide bonds. The van der Waals surface area contributed by atoms with Gasteiger partial charge >= 0.3 is 6.03 Å². The third-order valence-corrected chi connectivity index (χ3v) is 2.92. The van der Waals surface area contributed by atoms with Gasteiger partial charge in [-0.2, -0.15) is 0 Å². The minimum absolute atomic E-state index is 0.203. The van der Waals surface area contributed by atoms with Crippen LogP contribution in [0.4, 0.5) is 13.6 Å². The highest BCUT2D eigenvalue weighted by atomic mass is 79.9. The number of nitrogens with zero attached hydrogens (tertiary/aromatic N) is 1. The van der Waals surface area contributed by atoms with Crippen LogP contribution in [-0.4, -0.2) is 38.1 Å². The second-order valence-electron chi connectivity index (χ2n) is 3.89. The zero-order valence-corrected chi connectivity index (χ0v) is 12.2. The number of benzene rings is 1. The quantitative estimate of drug-likeness (QED) is 0.898. The van der Waals surface area contributed by atoms with Crippen LogP contribution in [0.15, 0.2) is 22.7 Å². The Balaban J connectivity index is 2.61. The molecule has 0 fully saturated rings. The van der Waals surface area contributed by atoms with Crippen molar-refractivity contribution in [2.45, 2.75) is 13.0 Å². The van der Waals surface area contributed by atoms with Crippen LogP contribution in [0.25, 0.3) is 0 Å². The molecule has 0 unspecified atom stereocenters. The number of alkyl halides is 2. The minimum Gasteiger partial charge on any atom is -0.496 e. The van der Waals surface area contributed by atoms with E-state index in [2.05, 4.69) is 21.2 Å². The zero-order chi connectivity index (χ0) is 14.4. The van der Waals surface area contributed by atoms with Crippen LogP contribution < -0.4 is 10.1 Å². The van der Waals surface area contributed by atoms with Gasteiger partial charge in [0.1, 0.15) is 5.75 Å². The molecule has 0 saturated heterocycles. The van der Waals surface area contributed by atoms with Crippen molar-refractivity contribution in [3.05, 3.63) is 28.2 Å². The summed E-state index contributed by atoms with van der Waals surface area (Å²) in [6, 6.07) is 4.82. The Morgan fingerprint density at radius 3 is 2.79 bits per heavy atom. The second-order valence-corrected chi connectivity index (χ2v) is 4.80. The van der Waals surface area contributed by atoms with E-state index in [1.807, 2.05) is 6.07 Å². The summed E-state index contributed by atoms with van der Waals surface area (Å²) in [7, 11) is 2.84. The van der Waals surface area contributed by atoms with E-state index in [-0.39, 0.29) is 6.54 Å². The predicted octanol–water partition coefficient (Wildman–Crippen LogP) is 2.86. The molecule has 0 spiro atoms. The lowest BCUT2D eigenvalue weighted by molar-refractivity contribution is 0.108. The van der Waals surface area contributed by atoms with Crippen LogP contribution in [-0.2, 0) is 6.54 Å². The summed E-state index contributed by atoms with van der Waals surface area (Å²) < 4.78 is 30.3. The number of ether oxygens (including phenoxy) is 1. The van der Waals surface area contributed by atoms with Crippen LogP contribution in [0.5, 0.6) is 5.75 Å². The second kappa shape index (κ2) is 7.28. The maximum atomic E-state index is 12.1. The van der Waals surface area contributed by atoms with Gasteiger partial charge in [0, 0.05) is 23.6 Å². The predicted molar refractivity (Wildman–Crippen MR) is 71.6 cm³/mol. The highest BCUT2D eigenvalue weighted by molar-refractivity contribution is 9.10. The van der Waals surface area contributed by atoms with Crippen molar-refractivity contribution < 1.29 is 18.3 Å². The number of rotatable bonds is 5. The first kappa shape index (κ1) is 15.7. The van der Waals surface area contributed by atoms with E-state index in [1.165, 1.54) is 14.2 Å². The smallest absolute Gasteiger partial charge is 0.317 e. The molecule has 1 aromatic carbocycles. The highest BCUT2D eigenvalue weighted by Gasteiger charge is 2.14. The van der Waals surface area contributed by atoms with Crippen LogP contribution in [0.1, 0.15) is 5.56 Å². The summed E-state index contributed by atoms with van der Waals surface area (Å²) >= 11 is 3.32. The molecule has 0 saturated carbocycles. The average molecular weight is 337 g/mol. The molecule has 0 atom stereocenters. The Hall–Kier alpha value is -1.37. The average Bonchev–Trinajstić information content (AvgIpc) is 2.35. The number of urea groups is 1. The van der Waals surface area contributed by atoms with E-state index >= 15 is 0 Å². The van der Waals surface area contributed by atoms with Crippen molar-refractivity contribution >= 4 is 22.0 Å². The van der Waals surface area contributed by atoms with Crippen LogP contribution in [0.3, 0.4) is 0 Å². The molecule has 19 heavy (non-hydrogen) atoms. The Labute approximate surface area is 118 Å². The molecule has 0 bridgehead atoms. The van der Waals surface area contributed by atoms with Crippen molar-refractivity contribution in [2.24, 2.45) is 0 Å². The zero-order valence-electron chi connectivity index (χ0n) is 10.6. The fraction of sp³-hybridized carbons (Fsp3) is 0.417. The first-order valence-corrected chi connectivity index (χ1v) is 6.33. The first-order chi connectivity index (χ1) is 8.93. The molecule has 1 N–H and O–H groups in total. The largest absolute Gasteiger partial charge is 0.496 e. The molecule has 106 valence electrons. The van der Waals surface area contributed by atoms with Crippen molar-refractivity contribution in [3.63, 3.8) is 0 Å². The third kappa shape index (κ3) is 5.02. The Morgan fingerprint density at radius 1 is 1.53 bits per heavy atom. The number of hydrogen-bond donors (Lipinski definition) is 1. The van der Waals surface area contributed by atoms with Crippen molar-refractivity contribution in [3.8, 4) is 5.75 Å². The van der Waals surface area contributed by atoms with Gasteiger partial charge in [0.15, 0.2) is 0 Å². The molecule has 7 heteroatoms. The summed E-state index contributed by atoms with van der Waals surface area (Å²) in [6.07, 6.45) is -2.55. The van der Waals surface area contributed by atoms with Gasteiger partial charge in [-0.1, -0.05) is 15.9 Å². The summed E-state index contributed by atoms with van der Waals surface area (Å²) in [4.78, 5) is 12.5. The molecule has 0 aliphatic carbocycles. The summed E-state index contributed by atoms with van der Waals surface area (Å²) in [6.45, 7) is -0.392. The molecule has 1 rings (SSSR count). The SMILES string of the molecule is COc1ccc(Br)cc1CNC(=O)N(C)CC(F)F. The van der Waals surface area contributed by atoms with Crippen LogP contribution in [0, 0.1) is 0 Å². The van der Waals surface area contributed by atoms with E-state index in [0.717, 1.165) is 14.9 Å². The van der Waals surface area contributed by atoms with Crippen LogP contribution in [0.2, 0.25) is 0 Å². The van der Waals surface area contributed by atoms with Crippen molar-refractivity contribution in [2.75, 3.05) is 20.7 Å². The summed E-state index contributed by atoms with van der Waals surface area (Å²) in [5.74, 6) is 0.625. The van der Waals surface area contributed by atoms with Gasteiger partial charge in [0.25, 0.3) is 6.43 Å². The fourth-order valence-corrected chi connectivity index (χ4v) is 1.89. The molecule has 4 nitrogen and oxygen atoms in total. The molecular weight excluding hydrogens is 322 g/mol. The van der Waals surface area contributed by atoms with E-state index < -0.39 is 19.0 Å². The van der Waals surface area contributed by atoms with Gasteiger partial charge in [-0.15, -0.1) is 0 Å². The standard InChI is InChI=1S/C12H15BrF2N2O2/c1-17(7-11(14)15)12(18)16-6-8-5-9(13)3-4-10(8)19-2/h3-5,11H,6-7H2,1-2H3,(H,16,18). The molecule has 0 aliphatic heterocycles. The Bertz CT molecular complexity index is 444. The topological polar surface area (TPSA) is 41.6 Å². The van der Waals surface area contributed by atoms with Gasteiger partial charge in [-0.05, 0) is 18.2 Å². The molecule has 0 aromatic heterocycles. The molecular formula is C12H15BrF2N2O2. The van der Waals surface area contributed by atoms with Gasteiger partial charge in [0.05, 0.1) is 13.7 Å². The number of carbonyl (C=O) groups excluding carboxylic acids is 1. The van der Waals surface area contributed by atoms with Crippen molar-refractivity contribution in [1.29, 1.82) is 0 Å². The first-order valence-electron chi connectivity index (χ1n) is 5.53. The normalized spacial score (nSPS) is 10.4. The molecule has 0 radical (unpaired) electrons. The number of halogens is 3. The van der Waals surface area contributed by atoms with Gasteiger partial charge in [-0.25, -0.2) is 13.6 Å². The van der Waals surface area contributed by atoms with E-state index in [0.29, 0.717) is 5.75 Å². The lowest BCUT2D eigenvalue weighted by Gasteiger charge is -2.18. The third-order valence-electron chi connectivity index (χ3n) is 2.43. The lowest BCUT2D eigenvalue weighted by atomic mass is 10.2. The molecule has 0 aliphatic rings. The van der Waals surface area contributed by atoms with Gasteiger partial charge in [0.2, 0.25) is 0 Å². The Morgan fingerprint density at radius 2 is 2.21 bits per heavy atom. The molecule has 0 heterocycles. The van der Waals surface area contributed by atoms with Gasteiger partial charge < -0.3 is 15.0 Å². The minimum atomic E-state index is -2.55. The summed E-state index contributed by atoms with van der Waals surface area (Å²) in [5, 5.41) is 2.56. The fourth-order valence-electron chi connectivity index (χ4n) is 1.48. The lowest BCUT2D eigenvalue weighted by Crippen LogP contribution is -2.39. The Kier molecular flexibility index (Phi) is 6.01.